The van der Waals surface area contributed by atoms with Crippen molar-refractivity contribution < 1.29 is 17.6 Å². The number of amides is 1. The lowest BCUT2D eigenvalue weighted by Crippen LogP contribution is -2.35. The van der Waals surface area contributed by atoms with Gasteiger partial charge in [0.05, 0.1) is 18.0 Å². The lowest BCUT2D eigenvalue weighted by Gasteiger charge is -2.23. The number of hydrogen-bond donors (Lipinski definition) is 0. The van der Waals surface area contributed by atoms with Gasteiger partial charge in [0.2, 0.25) is 0 Å². The number of hydrogen-bond acceptors (Lipinski definition) is 6. The van der Waals surface area contributed by atoms with Crippen molar-refractivity contribution in [2.45, 2.75) is 49.6 Å². The van der Waals surface area contributed by atoms with Gasteiger partial charge in [0.15, 0.2) is 5.17 Å². The van der Waals surface area contributed by atoms with Crippen molar-refractivity contribution in [1.29, 1.82) is 0 Å². The van der Waals surface area contributed by atoms with E-state index >= 15 is 0 Å². The summed E-state index contributed by atoms with van der Waals surface area (Å²) in [5.74, 6) is 3.08. The standard InChI is InChI=1S/C22H23N3O4S2/c1-13-10-17(13)19-7-5-16(29-19)12-25(15-3-4-15)21(26)14-2-6-18-20(11-14)30-22-23-31(27,28)9-8-24(18)22/h2,5-7,11,13,15,17H,3-4,8-10,12H2,1H3. The number of amidine groups is 1. The molecule has 2 saturated carbocycles. The molecule has 6 rings (SSSR count). The maximum Gasteiger partial charge on any atom is 0.257 e. The Morgan fingerprint density at radius 3 is 2.84 bits per heavy atom. The predicted molar refractivity (Wildman–Crippen MR) is 119 cm³/mol. The summed E-state index contributed by atoms with van der Waals surface area (Å²) in [4.78, 5) is 18.1. The van der Waals surface area contributed by atoms with Gasteiger partial charge in [-0.15, -0.1) is 4.40 Å². The molecule has 2 aliphatic carbocycles. The highest BCUT2D eigenvalue weighted by Crippen LogP contribution is 2.47. The maximum atomic E-state index is 13.4. The fraction of sp³-hybridized carbons (Fsp3) is 0.455. The quantitative estimate of drug-likeness (QED) is 0.679. The van der Waals surface area contributed by atoms with Gasteiger partial charge >= 0.3 is 0 Å². The minimum atomic E-state index is -3.40. The second-order valence-corrected chi connectivity index (χ2v) is 11.6. The van der Waals surface area contributed by atoms with E-state index in [1.54, 1.807) is 0 Å². The third-order valence-corrected chi connectivity index (χ3v) is 8.76. The van der Waals surface area contributed by atoms with Gasteiger partial charge in [-0.25, -0.2) is 8.42 Å². The first-order chi connectivity index (χ1) is 14.9. The zero-order chi connectivity index (χ0) is 21.3. The predicted octanol–water partition coefficient (Wildman–Crippen LogP) is 3.82. The fourth-order valence-electron chi connectivity index (χ4n) is 4.35. The van der Waals surface area contributed by atoms with Crippen LogP contribution < -0.4 is 4.90 Å². The highest BCUT2D eigenvalue weighted by atomic mass is 32.2. The number of benzene rings is 1. The molecule has 4 aliphatic rings. The topological polar surface area (TPSA) is 83.2 Å². The number of carbonyl (C=O) groups is 1. The van der Waals surface area contributed by atoms with Crippen molar-refractivity contribution in [1.82, 2.24) is 4.90 Å². The van der Waals surface area contributed by atoms with Crippen LogP contribution in [0.3, 0.4) is 0 Å². The second kappa shape index (κ2) is 6.87. The first-order valence-electron chi connectivity index (χ1n) is 10.7. The van der Waals surface area contributed by atoms with E-state index in [0.717, 1.165) is 34.9 Å². The number of rotatable bonds is 5. The highest BCUT2D eigenvalue weighted by Gasteiger charge is 2.38. The van der Waals surface area contributed by atoms with E-state index in [-0.39, 0.29) is 17.7 Å². The van der Waals surface area contributed by atoms with E-state index in [1.165, 1.54) is 18.2 Å². The van der Waals surface area contributed by atoms with Crippen LogP contribution in [0.15, 0.2) is 44.0 Å². The summed E-state index contributed by atoms with van der Waals surface area (Å²) in [7, 11) is -3.40. The van der Waals surface area contributed by atoms with E-state index in [9.17, 15) is 13.2 Å². The summed E-state index contributed by atoms with van der Waals surface area (Å²) in [5, 5.41) is 0.474. The van der Waals surface area contributed by atoms with Crippen LogP contribution in [-0.4, -0.2) is 42.7 Å². The second-order valence-electron chi connectivity index (χ2n) is 8.88. The average molecular weight is 458 g/mol. The summed E-state index contributed by atoms with van der Waals surface area (Å²) in [6, 6.07) is 9.91. The van der Waals surface area contributed by atoms with Crippen LogP contribution in [0.4, 0.5) is 5.69 Å². The molecule has 2 unspecified atom stereocenters. The molecule has 1 amide bonds. The number of thioether (sulfide) groups is 1. The third-order valence-electron chi connectivity index (χ3n) is 6.45. The van der Waals surface area contributed by atoms with Crippen molar-refractivity contribution in [2.75, 3.05) is 17.2 Å². The Morgan fingerprint density at radius 2 is 2.10 bits per heavy atom. The van der Waals surface area contributed by atoms with Gasteiger partial charge in [0.25, 0.3) is 15.9 Å². The van der Waals surface area contributed by atoms with Gasteiger partial charge in [-0.3, -0.25) is 4.79 Å². The van der Waals surface area contributed by atoms with Crippen molar-refractivity contribution in [3.63, 3.8) is 0 Å². The van der Waals surface area contributed by atoms with Crippen molar-refractivity contribution >= 4 is 38.5 Å². The van der Waals surface area contributed by atoms with E-state index < -0.39 is 10.0 Å². The normalized spacial score (nSPS) is 25.6. The van der Waals surface area contributed by atoms with Gasteiger partial charge < -0.3 is 14.2 Å². The van der Waals surface area contributed by atoms with Crippen LogP contribution in [0, 0.1) is 5.92 Å². The molecule has 0 saturated heterocycles. The Kier molecular flexibility index (Phi) is 4.30. The van der Waals surface area contributed by atoms with Crippen molar-refractivity contribution in [2.24, 2.45) is 10.3 Å². The minimum Gasteiger partial charge on any atom is -0.464 e. The van der Waals surface area contributed by atoms with Gasteiger partial charge in [-0.2, -0.15) is 0 Å². The average Bonchev–Trinajstić information content (AvgIpc) is 3.62. The molecule has 2 fully saturated rings. The molecule has 2 aromatic rings. The van der Waals surface area contributed by atoms with E-state index in [2.05, 4.69) is 17.4 Å². The number of sulfonamides is 1. The Bertz CT molecular complexity index is 1220. The zero-order valence-corrected chi connectivity index (χ0v) is 18.8. The van der Waals surface area contributed by atoms with Crippen LogP contribution in [-0.2, 0) is 16.6 Å². The number of furan rings is 1. The Labute approximate surface area is 185 Å². The molecule has 162 valence electrons. The van der Waals surface area contributed by atoms with Crippen LogP contribution >= 0.6 is 11.8 Å². The summed E-state index contributed by atoms with van der Waals surface area (Å²) in [5.41, 5.74) is 1.53. The van der Waals surface area contributed by atoms with Gasteiger partial charge in [-0.1, -0.05) is 6.92 Å². The van der Waals surface area contributed by atoms with E-state index in [1.807, 2.05) is 34.1 Å². The first-order valence-corrected chi connectivity index (χ1v) is 13.1. The summed E-state index contributed by atoms with van der Waals surface area (Å²) in [6.45, 7) is 3.10. The monoisotopic (exact) mass is 457 g/mol. The fourth-order valence-corrected chi connectivity index (χ4v) is 6.64. The van der Waals surface area contributed by atoms with Crippen LogP contribution in [0.25, 0.3) is 0 Å². The highest BCUT2D eigenvalue weighted by molar-refractivity contribution is 8.15. The molecule has 1 aromatic heterocycles. The molecule has 0 bridgehead atoms. The molecular weight excluding hydrogens is 434 g/mol. The van der Waals surface area contributed by atoms with Crippen LogP contribution in [0.2, 0.25) is 0 Å². The van der Waals surface area contributed by atoms with Crippen LogP contribution in [0.1, 0.15) is 54.0 Å². The lowest BCUT2D eigenvalue weighted by atomic mass is 10.1. The smallest absolute Gasteiger partial charge is 0.257 e. The Hall–Kier alpha value is -2.26. The number of fused-ring (bicyclic) bond motifs is 3. The molecular formula is C22H23N3O4S2. The molecule has 9 heteroatoms. The largest absolute Gasteiger partial charge is 0.464 e. The first kappa shape index (κ1) is 19.4. The number of carbonyl (C=O) groups excluding carboxylic acids is 1. The molecule has 1 aromatic carbocycles. The molecule has 3 heterocycles. The summed E-state index contributed by atoms with van der Waals surface area (Å²) < 4.78 is 33.6. The zero-order valence-electron chi connectivity index (χ0n) is 17.2. The Balaban J connectivity index is 1.24. The van der Waals surface area contributed by atoms with Crippen LogP contribution in [0.5, 0.6) is 0 Å². The van der Waals surface area contributed by atoms with Gasteiger partial charge in [0, 0.05) is 29.0 Å². The van der Waals surface area contributed by atoms with Gasteiger partial charge in [0.1, 0.15) is 11.5 Å². The molecule has 7 nitrogen and oxygen atoms in total. The molecule has 0 N–H and O–H groups in total. The number of anilines is 1. The van der Waals surface area contributed by atoms with Crippen molar-refractivity contribution in [3.05, 3.63) is 47.4 Å². The molecule has 2 aliphatic heterocycles. The molecule has 0 radical (unpaired) electrons. The molecule has 0 spiro atoms. The Morgan fingerprint density at radius 1 is 1.29 bits per heavy atom. The van der Waals surface area contributed by atoms with Gasteiger partial charge in [-0.05, 0) is 67.3 Å². The van der Waals surface area contributed by atoms with E-state index in [4.69, 9.17) is 4.42 Å². The third kappa shape index (κ3) is 3.57. The minimum absolute atomic E-state index is 0.0110. The van der Waals surface area contributed by atoms with E-state index in [0.29, 0.717) is 35.7 Å². The maximum absolute atomic E-state index is 13.4. The lowest BCUT2D eigenvalue weighted by molar-refractivity contribution is 0.0716. The van der Waals surface area contributed by atoms with Crippen molar-refractivity contribution in [3.8, 4) is 0 Å². The molecule has 2 atom stereocenters. The SMILES string of the molecule is CC1CC1c1ccc(CN(C(=O)c2ccc3c(c2)SC2=NS(=O)(=O)CCN23)C2CC2)o1. The molecule has 31 heavy (non-hydrogen) atoms. The summed E-state index contributed by atoms with van der Waals surface area (Å²) >= 11 is 1.31. The summed E-state index contributed by atoms with van der Waals surface area (Å²) in [6.07, 6.45) is 3.21. The number of nitrogens with zero attached hydrogens (tertiary/aromatic N) is 3.